The molecule has 1 fully saturated rings. The first-order valence-corrected chi connectivity index (χ1v) is 7.03. The molecule has 19 heavy (non-hydrogen) atoms. The normalized spacial score (nSPS) is 16.3. The molecule has 1 N–H and O–H groups in total. The summed E-state index contributed by atoms with van der Waals surface area (Å²) in [5.41, 5.74) is 0. The van der Waals surface area contributed by atoms with E-state index in [9.17, 15) is 0 Å². The molecule has 0 amide bonds. The summed E-state index contributed by atoms with van der Waals surface area (Å²) in [6.45, 7) is 9.18. The Morgan fingerprint density at radius 3 is 2.89 bits per heavy atom. The molecule has 5 heteroatoms. The van der Waals surface area contributed by atoms with Gasteiger partial charge in [0.15, 0.2) is 0 Å². The fourth-order valence-corrected chi connectivity index (χ4v) is 2.19. The Balaban J connectivity index is 1.84. The van der Waals surface area contributed by atoms with Gasteiger partial charge in [-0.2, -0.15) is 4.98 Å². The summed E-state index contributed by atoms with van der Waals surface area (Å²) in [5.74, 6) is 1.68. The summed E-state index contributed by atoms with van der Waals surface area (Å²) in [7, 11) is 2.08. The van der Waals surface area contributed by atoms with Crippen LogP contribution < -0.4 is 15.0 Å². The minimum atomic E-state index is 0.654. The lowest BCUT2D eigenvalue weighted by Crippen LogP contribution is -2.46. The summed E-state index contributed by atoms with van der Waals surface area (Å²) < 4.78 is 5.43. The van der Waals surface area contributed by atoms with Crippen molar-refractivity contribution in [3.63, 3.8) is 0 Å². The van der Waals surface area contributed by atoms with Crippen LogP contribution in [0.3, 0.4) is 0 Å². The smallest absolute Gasteiger partial charge is 0.215 e. The molecule has 0 radical (unpaired) electrons. The lowest BCUT2D eigenvalue weighted by Gasteiger charge is -2.29. The second-order valence-corrected chi connectivity index (χ2v) is 4.78. The number of hydrogen-bond acceptors (Lipinski definition) is 5. The van der Waals surface area contributed by atoms with Crippen LogP contribution in [0.2, 0.25) is 0 Å². The number of rotatable bonds is 6. The van der Waals surface area contributed by atoms with Gasteiger partial charge < -0.3 is 15.0 Å². The van der Waals surface area contributed by atoms with E-state index in [2.05, 4.69) is 27.1 Å². The van der Waals surface area contributed by atoms with Crippen LogP contribution in [0.25, 0.3) is 0 Å². The maximum Gasteiger partial charge on any atom is 0.215 e. The molecule has 1 aliphatic rings. The molecule has 1 aromatic rings. The number of ether oxygens (including phenoxy) is 1. The summed E-state index contributed by atoms with van der Waals surface area (Å²) in [5, 5.41) is 3.37. The van der Waals surface area contributed by atoms with Crippen LogP contribution in [0.5, 0.6) is 5.88 Å². The number of anilines is 1. The quantitative estimate of drug-likeness (QED) is 0.824. The van der Waals surface area contributed by atoms with Crippen molar-refractivity contribution in [2.24, 2.45) is 0 Å². The van der Waals surface area contributed by atoms with E-state index in [1.807, 2.05) is 25.1 Å². The third kappa shape index (κ3) is 4.36. The first-order valence-electron chi connectivity index (χ1n) is 7.03. The molecule has 2 rings (SSSR count). The van der Waals surface area contributed by atoms with Gasteiger partial charge in [-0.15, -0.1) is 0 Å². The van der Waals surface area contributed by atoms with Crippen molar-refractivity contribution in [2.45, 2.75) is 6.92 Å². The van der Waals surface area contributed by atoms with Gasteiger partial charge in [-0.25, -0.2) is 0 Å². The van der Waals surface area contributed by atoms with E-state index in [4.69, 9.17) is 4.74 Å². The fourth-order valence-electron chi connectivity index (χ4n) is 2.19. The van der Waals surface area contributed by atoms with Crippen molar-refractivity contribution < 1.29 is 4.74 Å². The van der Waals surface area contributed by atoms with Crippen molar-refractivity contribution in [3.8, 4) is 5.88 Å². The van der Waals surface area contributed by atoms with Crippen molar-refractivity contribution in [3.05, 3.63) is 18.2 Å². The SMILES string of the molecule is CCOc1cccc(N(C)CCN2CCNCC2)n1. The molecule has 2 heterocycles. The van der Waals surface area contributed by atoms with E-state index in [0.29, 0.717) is 12.5 Å². The Labute approximate surface area is 115 Å². The second-order valence-electron chi connectivity index (χ2n) is 4.78. The molecule has 0 unspecified atom stereocenters. The highest BCUT2D eigenvalue weighted by atomic mass is 16.5. The fraction of sp³-hybridized carbons (Fsp3) is 0.643. The molecular formula is C14H24N4O. The predicted molar refractivity (Wildman–Crippen MR) is 78.0 cm³/mol. The van der Waals surface area contributed by atoms with Crippen LogP contribution in [0, 0.1) is 0 Å². The highest BCUT2D eigenvalue weighted by Gasteiger charge is 2.11. The average molecular weight is 264 g/mol. The van der Waals surface area contributed by atoms with Gasteiger partial charge >= 0.3 is 0 Å². The minimum absolute atomic E-state index is 0.654. The first kappa shape index (κ1) is 14.1. The van der Waals surface area contributed by atoms with Gasteiger partial charge in [-0.05, 0) is 13.0 Å². The Morgan fingerprint density at radius 1 is 1.37 bits per heavy atom. The van der Waals surface area contributed by atoms with E-state index >= 15 is 0 Å². The molecule has 1 aromatic heterocycles. The van der Waals surface area contributed by atoms with Crippen LogP contribution in [-0.2, 0) is 0 Å². The Morgan fingerprint density at radius 2 is 2.16 bits per heavy atom. The molecule has 0 spiro atoms. The molecule has 5 nitrogen and oxygen atoms in total. The lowest BCUT2D eigenvalue weighted by atomic mass is 10.3. The zero-order valence-electron chi connectivity index (χ0n) is 11.9. The van der Waals surface area contributed by atoms with E-state index in [-0.39, 0.29) is 0 Å². The number of pyridine rings is 1. The monoisotopic (exact) mass is 264 g/mol. The van der Waals surface area contributed by atoms with Crippen molar-refractivity contribution in [1.29, 1.82) is 0 Å². The first-order chi connectivity index (χ1) is 9.29. The molecule has 0 aliphatic carbocycles. The van der Waals surface area contributed by atoms with Crippen LogP contribution in [0.15, 0.2) is 18.2 Å². The third-order valence-electron chi connectivity index (χ3n) is 3.35. The topological polar surface area (TPSA) is 40.6 Å². The third-order valence-corrected chi connectivity index (χ3v) is 3.35. The summed E-state index contributed by atoms with van der Waals surface area (Å²) in [6.07, 6.45) is 0. The molecule has 106 valence electrons. The molecule has 1 aliphatic heterocycles. The van der Waals surface area contributed by atoms with Crippen LogP contribution in [0.1, 0.15) is 6.92 Å². The van der Waals surface area contributed by atoms with Gasteiger partial charge in [-0.3, -0.25) is 4.90 Å². The van der Waals surface area contributed by atoms with Gasteiger partial charge in [-0.1, -0.05) is 6.07 Å². The van der Waals surface area contributed by atoms with Crippen LogP contribution >= 0.6 is 0 Å². The van der Waals surface area contributed by atoms with E-state index in [0.717, 1.165) is 45.1 Å². The Bertz CT molecular complexity index is 379. The number of likely N-dealkylation sites (N-methyl/N-ethyl adjacent to an activating group) is 1. The number of nitrogens with zero attached hydrogens (tertiary/aromatic N) is 3. The van der Waals surface area contributed by atoms with Crippen molar-refractivity contribution >= 4 is 5.82 Å². The Kier molecular flexibility index (Phi) is 5.42. The number of nitrogens with one attached hydrogen (secondary N) is 1. The highest BCUT2D eigenvalue weighted by Crippen LogP contribution is 2.14. The molecule has 1 saturated heterocycles. The van der Waals surface area contributed by atoms with Gasteiger partial charge in [0.05, 0.1) is 6.61 Å². The molecular weight excluding hydrogens is 240 g/mol. The summed E-state index contributed by atoms with van der Waals surface area (Å²) >= 11 is 0. The van der Waals surface area contributed by atoms with Gasteiger partial charge in [0.2, 0.25) is 5.88 Å². The molecule has 0 saturated carbocycles. The van der Waals surface area contributed by atoms with Crippen LogP contribution in [-0.4, -0.2) is 62.8 Å². The van der Waals surface area contributed by atoms with Crippen molar-refractivity contribution in [2.75, 3.05) is 57.8 Å². The van der Waals surface area contributed by atoms with E-state index in [1.165, 1.54) is 0 Å². The maximum absolute atomic E-state index is 5.43. The summed E-state index contributed by atoms with van der Waals surface area (Å²) in [4.78, 5) is 9.17. The average Bonchev–Trinajstić information content (AvgIpc) is 2.46. The standard InChI is InChI=1S/C14H24N4O/c1-3-19-14-6-4-5-13(16-14)17(2)11-12-18-9-7-15-8-10-18/h4-6,15H,3,7-12H2,1-2H3. The largest absolute Gasteiger partial charge is 0.478 e. The summed E-state index contributed by atoms with van der Waals surface area (Å²) in [6, 6.07) is 5.92. The molecule has 0 atom stereocenters. The number of aromatic nitrogens is 1. The zero-order valence-corrected chi connectivity index (χ0v) is 11.9. The maximum atomic E-state index is 5.43. The van der Waals surface area contributed by atoms with Crippen LogP contribution in [0.4, 0.5) is 5.82 Å². The predicted octanol–water partition coefficient (Wildman–Crippen LogP) is 0.822. The molecule has 0 bridgehead atoms. The lowest BCUT2D eigenvalue weighted by molar-refractivity contribution is 0.246. The number of piperazine rings is 1. The number of hydrogen-bond donors (Lipinski definition) is 1. The highest BCUT2D eigenvalue weighted by molar-refractivity contribution is 5.39. The Hall–Kier alpha value is -1.33. The van der Waals surface area contributed by atoms with Gasteiger partial charge in [0, 0.05) is 52.4 Å². The van der Waals surface area contributed by atoms with E-state index in [1.54, 1.807) is 0 Å². The van der Waals surface area contributed by atoms with Gasteiger partial charge in [0.25, 0.3) is 0 Å². The van der Waals surface area contributed by atoms with Gasteiger partial charge in [0.1, 0.15) is 5.82 Å². The second kappa shape index (κ2) is 7.31. The zero-order chi connectivity index (χ0) is 13.5. The molecule has 0 aromatic carbocycles. The van der Waals surface area contributed by atoms with E-state index < -0.39 is 0 Å². The minimum Gasteiger partial charge on any atom is -0.478 e. The van der Waals surface area contributed by atoms with Crippen molar-refractivity contribution in [1.82, 2.24) is 15.2 Å².